The summed E-state index contributed by atoms with van der Waals surface area (Å²) in [7, 11) is 0. The van der Waals surface area contributed by atoms with Crippen molar-refractivity contribution in [2.75, 3.05) is 19.8 Å². The Labute approximate surface area is 180 Å². The van der Waals surface area contributed by atoms with Gasteiger partial charge < -0.3 is 14.2 Å². The molecule has 0 saturated carbocycles. The molecule has 158 valence electrons. The van der Waals surface area contributed by atoms with Gasteiger partial charge in [-0.1, -0.05) is 61.0 Å². The molecule has 3 aromatic rings. The molecule has 0 spiro atoms. The molecule has 3 heteroatoms. The maximum atomic E-state index is 5.93. The van der Waals surface area contributed by atoms with Crippen molar-refractivity contribution in [1.29, 1.82) is 0 Å². The van der Waals surface area contributed by atoms with E-state index in [1.807, 2.05) is 37.3 Å². The highest BCUT2D eigenvalue weighted by atomic mass is 16.5. The molecule has 0 heterocycles. The Bertz CT molecular complexity index is 826. The molecule has 0 aromatic heterocycles. The third kappa shape index (κ3) is 7.57. The fourth-order valence-corrected chi connectivity index (χ4v) is 3.22. The molecule has 3 rings (SSSR count). The van der Waals surface area contributed by atoms with E-state index in [4.69, 9.17) is 14.2 Å². The van der Waals surface area contributed by atoms with Gasteiger partial charge in [-0.15, -0.1) is 0 Å². The number of rotatable bonds is 13. The first-order valence-corrected chi connectivity index (χ1v) is 10.9. The van der Waals surface area contributed by atoms with Crippen molar-refractivity contribution in [2.45, 2.75) is 39.2 Å². The molecule has 0 aliphatic carbocycles. The van der Waals surface area contributed by atoms with Crippen molar-refractivity contribution in [3.8, 4) is 22.6 Å². The van der Waals surface area contributed by atoms with Gasteiger partial charge in [-0.3, -0.25) is 0 Å². The van der Waals surface area contributed by atoms with E-state index in [0.717, 1.165) is 49.7 Å². The highest BCUT2D eigenvalue weighted by Gasteiger charge is 2.01. The average Bonchev–Trinajstić information content (AvgIpc) is 2.81. The van der Waals surface area contributed by atoms with Crippen LogP contribution < -0.4 is 9.47 Å². The Hall–Kier alpha value is -2.78. The van der Waals surface area contributed by atoms with Crippen LogP contribution in [0.15, 0.2) is 78.9 Å². The van der Waals surface area contributed by atoms with Crippen LogP contribution in [-0.4, -0.2) is 19.8 Å². The largest absolute Gasteiger partial charge is 0.494 e. The second-order valence-electron chi connectivity index (χ2n) is 7.28. The molecule has 0 fully saturated rings. The standard InChI is InChI=1S/C27H32O3/c1-2-28-20-8-3-4-9-21-29-26-16-12-23(13-17-26)22-30-27-18-14-25(15-19-27)24-10-6-5-7-11-24/h5-7,10-19H,2-4,8-9,20-22H2,1H3. The molecule has 0 N–H and O–H groups in total. The third-order valence-corrected chi connectivity index (χ3v) is 4.95. The zero-order chi connectivity index (χ0) is 20.9. The normalized spacial score (nSPS) is 10.7. The van der Waals surface area contributed by atoms with Crippen molar-refractivity contribution in [2.24, 2.45) is 0 Å². The minimum absolute atomic E-state index is 0.546. The first kappa shape index (κ1) is 21.9. The van der Waals surface area contributed by atoms with Crippen LogP contribution in [0.25, 0.3) is 11.1 Å². The summed E-state index contributed by atoms with van der Waals surface area (Å²) in [6.45, 7) is 5.03. The summed E-state index contributed by atoms with van der Waals surface area (Å²) >= 11 is 0. The molecule has 3 nitrogen and oxygen atoms in total. The third-order valence-electron chi connectivity index (χ3n) is 4.95. The molecular formula is C27H32O3. The quantitative estimate of drug-likeness (QED) is 0.290. The van der Waals surface area contributed by atoms with Crippen LogP contribution in [0.5, 0.6) is 11.5 Å². The highest BCUT2D eigenvalue weighted by molar-refractivity contribution is 5.63. The molecular weight excluding hydrogens is 372 g/mol. The van der Waals surface area contributed by atoms with Crippen LogP contribution in [0.1, 0.15) is 38.2 Å². The Balaban J connectivity index is 1.35. The van der Waals surface area contributed by atoms with Crippen LogP contribution in [0.3, 0.4) is 0 Å². The van der Waals surface area contributed by atoms with Gasteiger partial charge in [0.25, 0.3) is 0 Å². The molecule has 0 bridgehead atoms. The van der Waals surface area contributed by atoms with Gasteiger partial charge in [-0.2, -0.15) is 0 Å². The Morgan fingerprint density at radius 3 is 1.87 bits per heavy atom. The second kappa shape index (κ2) is 12.7. The van der Waals surface area contributed by atoms with Crippen molar-refractivity contribution in [3.05, 3.63) is 84.4 Å². The number of benzene rings is 3. The number of unbranched alkanes of at least 4 members (excludes halogenated alkanes) is 3. The highest BCUT2D eigenvalue weighted by Crippen LogP contribution is 2.23. The molecule has 0 radical (unpaired) electrons. The Morgan fingerprint density at radius 1 is 0.567 bits per heavy atom. The van der Waals surface area contributed by atoms with E-state index in [9.17, 15) is 0 Å². The molecule has 30 heavy (non-hydrogen) atoms. The van der Waals surface area contributed by atoms with Crippen molar-refractivity contribution >= 4 is 0 Å². The first-order valence-electron chi connectivity index (χ1n) is 10.9. The minimum atomic E-state index is 0.546. The van der Waals surface area contributed by atoms with Crippen LogP contribution in [0.2, 0.25) is 0 Å². The first-order chi connectivity index (χ1) is 14.8. The van der Waals surface area contributed by atoms with Gasteiger partial charge in [0.2, 0.25) is 0 Å². The van der Waals surface area contributed by atoms with Gasteiger partial charge in [-0.25, -0.2) is 0 Å². The summed E-state index contributed by atoms with van der Waals surface area (Å²) < 4.78 is 17.1. The van der Waals surface area contributed by atoms with E-state index in [1.54, 1.807) is 0 Å². The smallest absolute Gasteiger partial charge is 0.119 e. The lowest BCUT2D eigenvalue weighted by molar-refractivity contribution is 0.142. The topological polar surface area (TPSA) is 27.7 Å². The van der Waals surface area contributed by atoms with Crippen LogP contribution in [-0.2, 0) is 11.3 Å². The van der Waals surface area contributed by atoms with E-state index in [-0.39, 0.29) is 0 Å². The van der Waals surface area contributed by atoms with Gasteiger partial charge in [0.1, 0.15) is 18.1 Å². The van der Waals surface area contributed by atoms with E-state index in [2.05, 4.69) is 48.5 Å². The summed E-state index contributed by atoms with van der Waals surface area (Å²) in [5.74, 6) is 1.79. The van der Waals surface area contributed by atoms with E-state index < -0.39 is 0 Å². The van der Waals surface area contributed by atoms with E-state index in [1.165, 1.54) is 24.0 Å². The van der Waals surface area contributed by atoms with E-state index >= 15 is 0 Å². The van der Waals surface area contributed by atoms with Gasteiger partial charge in [0.15, 0.2) is 0 Å². The lowest BCUT2D eigenvalue weighted by Crippen LogP contribution is -1.99. The second-order valence-corrected chi connectivity index (χ2v) is 7.28. The van der Waals surface area contributed by atoms with Gasteiger partial charge in [0.05, 0.1) is 6.61 Å². The zero-order valence-electron chi connectivity index (χ0n) is 17.9. The number of hydrogen-bond donors (Lipinski definition) is 0. The molecule has 0 aliphatic heterocycles. The van der Waals surface area contributed by atoms with Crippen molar-refractivity contribution in [1.82, 2.24) is 0 Å². The fourth-order valence-electron chi connectivity index (χ4n) is 3.22. The van der Waals surface area contributed by atoms with Crippen molar-refractivity contribution < 1.29 is 14.2 Å². The molecule has 0 saturated heterocycles. The molecule has 0 atom stereocenters. The lowest BCUT2D eigenvalue weighted by Gasteiger charge is -2.09. The average molecular weight is 405 g/mol. The maximum Gasteiger partial charge on any atom is 0.119 e. The SMILES string of the molecule is CCOCCCCCCOc1ccc(COc2ccc(-c3ccccc3)cc2)cc1. The molecule has 0 unspecified atom stereocenters. The van der Waals surface area contributed by atoms with Gasteiger partial charge in [0, 0.05) is 13.2 Å². The Kier molecular flexibility index (Phi) is 9.29. The lowest BCUT2D eigenvalue weighted by atomic mass is 10.1. The number of ether oxygens (including phenoxy) is 3. The summed E-state index contributed by atoms with van der Waals surface area (Å²) in [6.07, 6.45) is 4.60. The monoisotopic (exact) mass is 404 g/mol. The summed E-state index contributed by atoms with van der Waals surface area (Å²) in [5, 5.41) is 0. The Morgan fingerprint density at radius 2 is 1.17 bits per heavy atom. The molecule has 0 aliphatic rings. The zero-order valence-corrected chi connectivity index (χ0v) is 17.9. The minimum Gasteiger partial charge on any atom is -0.494 e. The summed E-state index contributed by atoms with van der Waals surface area (Å²) in [6, 6.07) is 26.8. The van der Waals surface area contributed by atoms with Crippen LogP contribution in [0.4, 0.5) is 0 Å². The number of hydrogen-bond acceptors (Lipinski definition) is 3. The van der Waals surface area contributed by atoms with Crippen LogP contribution in [0, 0.1) is 0 Å². The predicted octanol–water partition coefficient (Wildman–Crippen LogP) is 6.91. The molecule has 3 aromatic carbocycles. The van der Waals surface area contributed by atoms with E-state index in [0.29, 0.717) is 6.61 Å². The van der Waals surface area contributed by atoms with Gasteiger partial charge in [-0.05, 0) is 67.1 Å². The molecule has 0 amide bonds. The van der Waals surface area contributed by atoms with Crippen molar-refractivity contribution in [3.63, 3.8) is 0 Å². The predicted molar refractivity (Wildman–Crippen MR) is 123 cm³/mol. The maximum absolute atomic E-state index is 5.93. The summed E-state index contributed by atoms with van der Waals surface area (Å²) in [5.41, 5.74) is 3.54. The summed E-state index contributed by atoms with van der Waals surface area (Å²) in [4.78, 5) is 0. The van der Waals surface area contributed by atoms with Crippen LogP contribution >= 0.6 is 0 Å². The van der Waals surface area contributed by atoms with Gasteiger partial charge >= 0.3 is 0 Å². The fraction of sp³-hybridized carbons (Fsp3) is 0.333.